The van der Waals surface area contributed by atoms with E-state index in [4.69, 9.17) is 4.74 Å². The van der Waals surface area contributed by atoms with Gasteiger partial charge in [0, 0.05) is 0 Å². The molecule has 13 heavy (non-hydrogen) atoms. The number of rotatable bonds is 6. The van der Waals surface area contributed by atoms with Crippen LogP contribution in [0.4, 0.5) is 0 Å². The number of quaternary nitrogens is 1. The molecule has 0 aliphatic carbocycles. The van der Waals surface area contributed by atoms with Crippen molar-refractivity contribution in [3.63, 3.8) is 0 Å². The molecule has 3 heteroatoms. The molecule has 0 aliphatic heterocycles. The molecule has 0 aliphatic rings. The van der Waals surface area contributed by atoms with Gasteiger partial charge in [-0.05, 0) is 6.42 Å². The van der Waals surface area contributed by atoms with Gasteiger partial charge in [-0.15, -0.1) is 0 Å². The minimum atomic E-state index is -0.387. The predicted molar refractivity (Wildman–Crippen MR) is 54.3 cm³/mol. The molecule has 0 bridgehead atoms. The molecule has 0 saturated heterocycles. The van der Waals surface area contributed by atoms with E-state index in [0.29, 0.717) is 13.2 Å². The Bertz CT molecular complexity index is 149. The first kappa shape index (κ1) is 12.5. The lowest BCUT2D eigenvalue weighted by atomic mass is 10.3. The largest absolute Gasteiger partial charge is 0.499 e. The Morgan fingerprint density at radius 1 is 1.38 bits per heavy atom. The Morgan fingerprint density at radius 2 is 2.00 bits per heavy atom. The molecule has 3 nitrogen and oxygen atoms in total. The van der Waals surface area contributed by atoms with E-state index >= 15 is 0 Å². The van der Waals surface area contributed by atoms with Crippen LogP contribution in [0.5, 0.6) is 0 Å². The third-order valence-corrected chi connectivity index (χ3v) is 1.48. The Hall–Kier alpha value is -0.540. The molecule has 0 rings (SSSR count). The lowest BCUT2D eigenvalue weighted by molar-refractivity contribution is -0.873. The van der Waals surface area contributed by atoms with E-state index in [1.165, 1.54) is 0 Å². The molecule has 0 amide bonds. The summed E-state index contributed by atoms with van der Waals surface area (Å²) in [6.45, 7) is 3.13. The van der Waals surface area contributed by atoms with E-state index in [1.807, 2.05) is 34.1 Å². The van der Waals surface area contributed by atoms with Crippen molar-refractivity contribution >= 4 is 0 Å². The average molecular weight is 188 g/mol. The summed E-state index contributed by atoms with van der Waals surface area (Å²) in [5, 5.41) is 9.51. The van der Waals surface area contributed by atoms with Crippen molar-refractivity contribution in [3.05, 3.63) is 12.3 Å². The summed E-state index contributed by atoms with van der Waals surface area (Å²) in [6, 6.07) is 0. The van der Waals surface area contributed by atoms with Gasteiger partial charge in [-0.3, -0.25) is 0 Å². The SMILES string of the molecule is CCC=COCC(O)C[N+](C)(C)C. The highest BCUT2D eigenvalue weighted by Gasteiger charge is 2.14. The number of aliphatic hydroxyl groups excluding tert-OH is 1. The summed E-state index contributed by atoms with van der Waals surface area (Å²) < 4.78 is 5.89. The zero-order valence-electron chi connectivity index (χ0n) is 9.16. The minimum absolute atomic E-state index is 0.381. The van der Waals surface area contributed by atoms with Crippen LogP contribution in [0.1, 0.15) is 13.3 Å². The van der Waals surface area contributed by atoms with E-state index in [0.717, 1.165) is 10.9 Å². The average Bonchev–Trinajstić information content (AvgIpc) is 1.94. The van der Waals surface area contributed by atoms with Gasteiger partial charge in [0.15, 0.2) is 0 Å². The summed E-state index contributed by atoms with van der Waals surface area (Å²) in [5.41, 5.74) is 0. The first-order chi connectivity index (χ1) is 5.95. The van der Waals surface area contributed by atoms with Gasteiger partial charge in [-0.2, -0.15) is 0 Å². The Kier molecular flexibility index (Phi) is 5.75. The summed E-state index contributed by atoms with van der Waals surface area (Å²) in [5.74, 6) is 0. The highest BCUT2D eigenvalue weighted by molar-refractivity contribution is 4.71. The monoisotopic (exact) mass is 188 g/mol. The van der Waals surface area contributed by atoms with E-state index in [-0.39, 0.29) is 6.10 Å². The summed E-state index contributed by atoms with van der Waals surface area (Å²) in [4.78, 5) is 0. The van der Waals surface area contributed by atoms with Gasteiger partial charge in [0.25, 0.3) is 0 Å². The topological polar surface area (TPSA) is 29.5 Å². The first-order valence-corrected chi connectivity index (χ1v) is 4.71. The molecule has 1 unspecified atom stereocenters. The standard InChI is InChI=1S/C10H22NO2/c1-5-6-7-13-9-10(12)8-11(2,3)4/h6-7,10,12H,5,8-9H2,1-4H3/q+1. The van der Waals surface area contributed by atoms with Gasteiger partial charge < -0.3 is 14.3 Å². The lowest BCUT2D eigenvalue weighted by Crippen LogP contribution is -2.42. The van der Waals surface area contributed by atoms with Crippen molar-refractivity contribution in [2.24, 2.45) is 0 Å². The molecule has 0 spiro atoms. The van der Waals surface area contributed by atoms with Crippen molar-refractivity contribution in [2.45, 2.75) is 19.4 Å². The number of ether oxygens (including phenoxy) is 1. The fourth-order valence-electron chi connectivity index (χ4n) is 1.02. The second-order valence-corrected chi connectivity index (χ2v) is 4.24. The van der Waals surface area contributed by atoms with Crippen molar-refractivity contribution in [1.82, 2.24) is 0 Å². The van der Waals surface area contributed by atoms with E-state index in [2.05, 4.69) is 0 Å². The highest BCUT2D eigenvalue weighted by atomic mass is 16.5. The Labute approximate surface area is 81.2 Å². The first-order valence-electron chi connectivity index (χ1n) is 4.71. The van der Waals surface area contributed by atoms with E-state index in [1.54, 1.807) is 6.26 Å². The second kappa shape index (κ2) is 6.00. The van der Waals surface area contributed by atoms with Crippen LogP contribution in [-0.2, 0) is 4.74 Å². The van der Waals surface area contributed by atoms with Gasteiger partial charge in [0.1, 0.15) is 19.3 Å². The molecule has 78 valence electrons. The lowest BCUT2D eigenvalue weighted by Gasteiger charge is -2.26. The summed E-state index contributed by atoms with van der Waals surface area (Å²) in [7, 11) is 6.14. The van der Waals surface area contributed by atoms with Crippen molar-refractivity contribution in [3.8, 4) is 0 Å². The number of hydrogen-bond acceptors (Lipinski definition) is 2. The number of aliphatic hydroxyl groups is 1. The van der Waals surface area contributed by atoms with Crippen LogP contribution in [0.25, 0.3) is 0 Å². The number of likely N-dealkylation sites (N-methyl/N-ethyl adjacent to an activating group) is 1. The maximum Gasteiger partial charge on any atom is 0.137 e. The Balaban J connectivity index is 3.52. The van der Waals surface area contributed by atoms with Crippen molar-refractivity contribution in [1.29, 1.82) is 0 Å². The van der Waals surface area contributed by atoms with Gasteiger partial charge >= 0.3 is 0 Å². The van der Waals surface area contributed by atoms with Crippen LogP contribution in [0.2, 0.25) is 0 Å². The number of allylic oxidation sites excluding steroid dienone is 1. The number of hydrogen-bond donors (Lipinski definition) is 1. The van der Waals surface area contributed by atoms with E-state index < -0.39 is 0 Å². The molecule has 1 N–H and O–H groups in total. The van der Waals surface area contributed by atoms with E-state index in [9.17, 15) is 5.11 Å². The van der Waals surface area contributed by atoms with Crippen LogP contribution in [0, 0.1) is 0 Å². The van der Waals surface area contributed by atoms with Gasteiger partial charge in [0.05, 0.1) is 27.4 Å². The molecule has 0 heterocycles. The molecule has 0 fully saturated rings. The van der Waals surface area contributed by atoms with Crippen LogP contribution >= 0.6 is 0 Å². The summed E-state index contributed by atoms with van der Waals surface area (Å²) in [6.07, 6.45) is 4.16. The van der Waals surface area contributed by atoms with Crippen molar-refractivity contribution in [2.75, 3.05) is 34.3 Å². The zero-order chi connectivity index (χ0) is 10.3. The third kappa shape index (κ3) is 9.37. The molecule has 0 aromatic heterocycles. The maximum atomic E-state index is 9.51. The minimum Gasteiger partial charge on any atom is -0.499 e. The molecule has 1 atom stereocenters. The van der Waals surface area contributed by atoms with Gasteiger partial charge in [-0.25, -0.2) is 0 Å². The zero-order valence-corrected chi connectivity index (χ0v) is 9.16. The number of nitrogens with zero attached hydrogens (tertiary/aromatic N) is 1. The third-order valence-electron chi connectivity index (χ3n) is 1.48. The van der Waals surface area contributed by atoms with Crippen LogP contribution < -0.4 is 0 Å². The fraction of sp³-hybridized carbons (Fsp3) is 0.800. The normalized spacial score (nSPS) is 14.8. The molecule has 0 radical (unpaired) electrons. The fourth-order valence-corrected chi connectivity index (χ4v) is 1.02. The van der Waals surface area contributed by atoms with Gasteiger partial charge in [-0.1, -0.05) is 13.0 Å². The smallest absolute Gasteiger partial charge is 0.137 e. The Morgan fingerprint density at radius 3 is 2.46 bits per heavy atom. The molecule has 0 saturated carbocycles. The van der Waals surface area contributed by atoms with Crippen LogP contribution in [0.3, 0.4) is 0 Å². The van der Waals surface area contributed by atoms with Gasteiger partial charge in [0.2, 0.25) is 0 Å². The molecular weight excluding hydrogens is 166 g/mol. The quantitative estimate of drug-likeness (QED) is 0.497. The molecular formula is C10H22NO2+. The second-order valence-electron chi connectivity index (χ2n) is 4.24. The van der Waals surface area contributed by atoms with Crippen LogP contribution in [0.15, 0.2) is 12.3 Å². The highest BCUT2D eigenvalue weighted by Crippen LogP contribution is 1.96. The predicted octanol–water partition coefficient (Wildman–Crippen LogP) is 0.994. The van der Waals surface area contributed by atoms with Crippen LogP contribution in [-0.4, -0.2) is 50.0 Å². The molecule has 0 aromatic carbocycles. The maximum absolute atomic E-state index is 9.51. The molecule has 0 aromatic rings. The van der Waals surface area contributed by atoms with Crippen molar-refractivity contribution < 1.29 is 14.3 Å². The summed E-state index contributed by atoms with van der Waals surface area (Å²) >= 11 is 0.